The number of halogens is 4. The van der Waals surface area contributed by atoms with Gasteiger partial charge in [0, 0.05) is 0 Å². The molecule has 0 unspecified atom stereocenters. The molecule has 0 aliphatic heterocycles. The summed E-state index contributed by atoms with van der Waals surface area (Å²) in [7, 11) is 0. The predicted octanol–water partition coefficient (Wildman–Crippen LogP) is 3.91. The van der Waals surface area contributed by atoms with Gasteiger partial charge in [0.05, 0.1) is 22.7 Å². The summed E-state index contributed by atoms with van der Waals surface area (Å²) in [5, 5.41) is 9.82. The second-order valence-electron chi connectivity index (χ2n) is 5.30. The molecule has 6 heteroatoms. The van der Waals surface area contributed by atoms with E-state index in [1.807, 2.05) is 0 Å². The summed E-state index contributed by atoms with van der Waals surface area (Å²) in [5.74, 6) is 0.117. The summed E-state index contributed by atoms with van der Waals surface area (Å²) in [6, 6.07) is 2.70. The van der Waals surface area contributed by atoms with E-state index in [4.69, 9.17) is 17.3 Å². The third-order valence-corrected chi connectivity index (χ3v) is 4.25. The highest BCUT2D eigenvalue weighted by atomic mass is 35.5. The Labute approximate surface area is 120 Å². The van der Waals surface area contributed by atoms with Crippen molar-refractivity contribution in [2.75, 3.05) is 0 Å². The third kappa shape index (κ3) is 3.27. The smallest absolute Gasteiger partial charge is 0.391 e. The fraction of sp³-hybridized carbons (Fsp3) is 0.571. The van der Waals surface area contributed by atoms with Crippen LogP contribution in [0.25, 0.3) is 0 Å². The van der Waals surface area contributed by atoms with Crippen molar-refractivity contribution in [3.63, 3.8) is 0 Å². The molecule has 1 aromatic carbocycles. The van der Waals surface area contributed by atoms with Gasteiger partial charge in [0.15, 0.2) is 0 Å². The number of aliphatic hydroxyl groups excluding tert-OH is 1. The first-order valence-corrected chi connectivity index (χ1v) is 6.99. The van der Waals surface area contributed by atoms with Gasteiger partial charge in [-0.1, -0.05) is 30.5 Å². The van der Waals surface area contributed by atoms with Gasteiger partial charge >= 0.3 is 6.18 Å². The van der Waals surface area contributed by atoms with E-state index in [2.05, 4.69) is 0 Å². The summed E-state index contributed by atoms with van der Waals surface area (Å²) in [5.41, 5.74) is 5.51. The van der Waals surface area contributed by atoms with Crippen molar-refractivity contribution in [1.82, 2.24) is 0 Å². The molecule has 3 N–H and O–H groups in total. The number of benzene rings is 1. The van der Waals surface area contributed by atoms with Crippen molar-refractivity contribution in [3.05, 3.63) is 34.3 Å². The van der Waals surface area contributed by atoms with Crippen molar-refractivity contribution in [1.29, 1.82) is 0 Å². The fourth-order valence-corrected chi connectivity index (χ4v) is 3.05. The maximum atomic E-state index is 12.6. The molecule has 1 aromatic rings. The molecule has 0 radical (unpaired) electrons. The molecule has 0 heterocycles. The van der Waals surface area contributed by atoms with Crippen LogP contribution in [0.1, 0.15) is 42.9 Å². The van der Waals surface area contributed by atoms with E-state index in [0.29, 0.717) is 5.56 Å². The summed E-state index contributed by atoms with van der Waals surface area (Å²) in [4.78, 5) is 0. The van der Waals surface area contributed by atoms with Gasteiger partial charge in [-0.2, -0.15) is 13.2 Å². The zero-order valence-electron chi connectivity index (χ0n) is 10.8. The molecule has 112 valence electrons. The van der Waals surface area contributed by atoms with Crippen LogP contribution in [-0.4, -0.2) is 11.2 Å². The lowest BCUT2D eigenvalue weighted by molar-refractivity contribution is -0.137. The molecule has 1 aliphatic rings. The van der Waals surface area contributed by atoms with Crippen LogP contribution in [0.5, 0.6) is 0 Å². The van der Waals surface area contributed by atoms with Gasteiger partial charge < -0.3 is 10.8 Å². The highest BCUT2D eigenvalue weighted by Gasteiger charge is 2.34. The second-order valence-corrected chi connectivity index (χ2v) is 5.71. The molecule has 20 heavy (non-hydrogen) atoms. The first-order chi connectivity index (χ1) is 9.30. The predicted molar refractivity (Wildman–Crippen MR) is 71.3 cm³/mol. The van der Waals surface area contributed by atoms with Crippen molar-refractivity contribution >= 4 is 11.6 Å². The quantitative estimate of drug-likeness (QED) is 0.889. The molecule has 0 spiro atoms. The fourth-order valence-electron chi connectivity index (χ4n) is 2.76. The van der Waals surface area contributed by atoms with Crippen LogP contribution in [0, 0.1) is 5.92 Å². The Balaban J connectivity index is 2.18. The van der Waals surface area contributed by atoms with E-state index in [1.165, 1.54) is 12.1 Å². The molecule has 1 saturated carbocycles. The zero-order chi connectivity index (χ0) is 14.9. The van der Waals surface area contributed by atoms with Crippen LogP contribution >= 0.6 is 11.6 Å². The lowest BCUT2D eigenvalue weighted by Crippen LogP contribution is -2.32. The molecule has 1 fully saturated rings. The first-order valence-electron chi connectivity index (χ1n) is 6.61. The van der Waals surface area contributed by atoms with E-state index in [0.717, 1.165) is 31.7 Å². The number of nitrogens with two attached hydrogens (primary N) is 1. The Hall–Kier alpha value is -0.780. The van der Waals surface area contributed by atoms with Crippen LogP contribution in [0.15, 0.2) is 18.2 Å². The Morgan fingerprint density at radius 2 is 1.85 bits per heavy atom. The number of rotatable bonds is 3. The van der Waals surface area contributed by atoms with Gasteiger partial charge in [0.1, 0.15) is 0 Å². The van der Waals surface area contributed by atoms with E-state index in [-0.39, 0.29) is 10.9 Å². The minimum Gasteiger partial charge on any atom is -0.391 e. The Morgan fingerprint density at radius 3 is 2.35 bits per heavy atom. The number of aliphatic hydroxyl groups is 1. The second kappa shape index (κ2) is 5.92. The van der Waals surface area contributed by atoms with Crippen molar-refractivity contribution in [3.8, 4) is 0 Å². The minimum atomic E-state index is -4.48. The summed E-state index contributed by atoms with van der Waals surface area (Å²) >= 11 is 5.67. The van der Waals surface area contributed by atoms with Crippen molar-refractivity contribution in [2.24, 2.45) is 11.7 Å². The highest BCUT2D eigenvalue weighted by Crippen LogP contribution is 2.37. The van der Waals surface area contributed by atoms with Crippen LogP contribution in [0.2, 0.25) is 5.02 Å². The number of hydrogen-bond acceptors (Lipinski definition) is 2. The first kappa shape index (κ1) is 15.6. The zero-order valence-corrected chi connectivity index (χ0v) is 11.6. The van der Waals surface area contributed by atoms with Crippen LogP contribution < -0.4 is 5.73 Å². The monoisotopic (exact) mass is 307 g/mol. The largest absolute Gasteiger partial charge is 0.417 e. The molecular formula is C14H17ClF3NO. The van der Waals surface area contributed by atoms with Crippen molar-refractivity contribution < 1.29 is 18.3 Å². The topological polar surface area (TPSA) is 46.2 Å². The lowest BCUT2D eigenvalue weighted by atomic mass is 9.90. The molecule has 2 rings (SSSR count). The van der Waals surface area contributed by atoms with Gasteiger partial charge in [-0.15, -0.1) is 0 Å². The van der Waals surface area contributed by atoms with Gasteiger partial charge in [-0.25, -0.2) is 0 Å². The van der Waals surface area contributed by atoms with Gasteiger partial charge in [-0.3, -0.25) is 0 Å². The Morgan fingerprint density at radius 1 is 1.25 bits per heavy atom. The van der Waals surface area contributed by atoms with E-state index in [1.54, 1.807) is 0 Å². The van der Waals surface area contributed by atoms with Gasteiger partial charge in [0.2, 0.25) is 0 Å². The molecule has 0 bridgehead atoms. The minimum absolute atomic E-state index is 0.117. The molecule has 2 nitrogen and oxygen atoms in total. The highest BCUT2D eigenvalue weighted by molar-refractivity contribution is 6.31. The van der Waals surface area contributed by atoms with E-state index >= 15 is 0 Å². The van der Waals surface area contributed by atoms with Gasteiger partial charge in [0.25, 0.3) is 0 Å². The summed E-state index contributed by atoms with van der Waals surface area (Å²) < 4.78 is 37.9. The van der Waals surface area contributed by atoms with Crippen molar-refractivity contribution in [2.45, 2.75) is 44.0 Å². The number of alkyl halides is 3. The molecule has 0 saturated heterocycles. The maximum Gasteiger partial charge on any atom is 0.417 e. The summed E-state index contributed by atoms with van der Waals surface area (Å²) in [6.07, 6.45) is -1.30. The summed E-state index contributed by atoms with van der Waals surface area (Å²) in [6.45, 7) is 0. The molecule has 0 amide bonds. The maximum absolute atomic E-state index is 12.6. The number of hydrogen-bond donors (Lipinski definition) is 2. The van der Waals surface area contributed by atoms with Gasteiger partial charge in [-0.05, 0) is 36.5 Å². The molecule has 0 aromatic heterocycles. The van der Waals surface area contributed by atoms with E-state index in [9.17, 15) is 18.3 Å². The molecule has 2 atom stereocenters. The third-order valence-electron chi connectivity index (χ3n) is 3.93. The molecule has 1 aliphatic carbocycles. The Kier molecular flexibility index (Phi) is 4.62. The average molecular weight is 308 g/mol. The SMILES string of the molecule is N[C@@H](c1ccc(C(F)(F)F)c(Cl)c1)[C@H](O)C1CCCC1. The average Bonchev–Trinajstić information content (AvgIpc) is 2.89. The van der Waals surface area contributed by atoms with Crippen LogP contribution in [-0.2, 0) is 6.18 Å². The Bertz CT molecular complexity index is 472. The normalized spacial score (nSPS) is 20.1. The van der Waals surface area contributed by atoms with Crippen LogP contribution in [0.3, 0.4) is 0 Å². The standard InChI is InChI=1S/C14H17ClF3NO/c15-11-7-9(5-6-10(11)14(16,17)18)12(19)13(20)8-3-1-2-4-8/h5-8,12-13,20H,1-4,19H2/t12-,13+/m0/s1. The molecular weight excluding hydrogens is 291 g/mol. The lowest BCUT2D eigenvalue weighted by Gasteiger charge is -2.25. The van der Waals surface area contributed by atoms with E-state index < -0.39 is 23.9 Å². The van der Waals surface area contributed by atoms with Crippen LogP contribution in [0.4, 0.5) is 13.2 Å².